The first-order chi connectivity index (χ1) is 6.02. The summed E-state index contributed by atoms with van der Waals surface area (Å²) in [4.78, 5) is 5.93. The van der Waals surface area contributed by atoms with E-state index < -0.39 is 7.12 Å². The van der Waals surface area contributed by atoms with Crippen LogP contribution in [0.1, 0.15) is 5.56 Å². The molecule has 0 fully saturated rings. The Morgan fingerprint density at radius 1 is 1.27 bits per heavy atom. The Morgan fingerprint density at radius 2 is 1.80 bits per heavy atom. The highest BCUT2D eigenvalue weighted by molar-refractivity contribution is 6.59. The molecule has 1 rings (SSSR count). The highest BCUT2D eigenvalue weighted by atomic mass is 35.5. The van der Waals surface area contributed by atoms with E-state index >= 15 is 0 Å². The van der Waals surface area contributed by atoms with Gasteiger partial charge in [0.2, 0.25) is 0 Å². The van der Waals surface area contributed by atoms with Gasteiger partial charge in [-0.3, -0.25) is 0 Å². The van der Waals surface area contributed by atoms with Crippen molar-refractivity contribution in [3.8, 4) is 0 Å². The Balaban J connectivity index is 0. The Labute approximate surface area is 102 Å². The van der Waals surface area contributed by atoms with Gasteiger partial charge in [0.1, 0.15) is 5.82 Å². The zero-order valence-corrected chi connectivity index (χ0v) is 10.5. The lowest BCUT2D eigenvalue weighted by Gasteiger charge is -2.13. The van der Waals surface area contributed by atoms with Crippen LogP contribution in [0.25, 0.3) is 0 Å². The molecule has 0 atom stereocenters. The highest BCUT2D eigenvalue weighted by Crippen LogP contribution is 2.06. The van der Waals surface area contributed by atoms with E-state index in [4.69, 9.17) is 10.0 Å². The van der Waals surface area contributed by atoms with Crippen LogP contribution in [0.5, 0.6) is 0 Å². The summed E-state index contributed by atoms with van der Waals surface area (Å²) in [6.07, 6.45) is 1.48. The topological polar surface area (TPSA) is 56.6 Å². The summed E-state index contributed by atoms with van der Waals surface area (Å²) in [5.74, 6) is 0.807. The van der Waals surface area contributed by atoms with E-state index in [-0.39, 0.29) is 24.8 Å². The van der Waals surface area contributed by atoms with Crippen LogP contribution in [-0.2, 0) is 0 Å². The van der Waals surface area contributed by atoms with Crippen LogP contribution >= 0.6 is 24.8 Å². The summed E-state index contributed by atoms with van der Waals surface area (Å²) >= 11 is 0. The molecule has 0 spiro atoms. The molecule has 0 bridgehead atoms. The third-order valence-corrected chi connectivity index (χ3v) is 1.87. The van der Waals surface area contributed by atoms with Gasteiger partial charge in [0.15, 0.2) is 0 Å². The fourth-order valence-electron chi connectivity index (χ4n) is 1.07. The minimum absolute atomic E-state index is 0. The molecule has 1 aromatic rings. The van der Waals surface area contributed by atoms with Gasteiger partial charge in [0, 0.05) is 25.8 Å². The van der Waals surface area contributed by atoms with Crippen LogP contribution in [-0.4, -0.2) is 36.2 Å². The Morgan fingerprint density at radius 3 is 2.13 bits per heavy atom. The van der Waals surface area contributed by atoms with Gasteiger partial charge < -0.3 is 14.9 Å². The van der Waals surface area contributed by atoms with Gasteiger partial charge >= 0.3 is 7.12 Å². The second-order valence-electron chi connectivity index (χ2n) is 3.17. The zero-order valence-electron chi connectivity index (χ0n) is 8.84. The third-order valence-electron chi connectivity index (χ3n) is 1.87. The number of aromatic nitrogens is 1. The van der Waals surface area contributed by atoms with Crippen LogP contribution in [0.2, 0.25) is 0 Å². The molecule has 0 aliphatic rings. The maximum atomic E-state index is 8.94. The summed E-state index contributed by atoms with van der Waals surface area (Å²) in [7, 11) is 2.33. The summed E-state index contributed by atoms with van der Waals surface area (Å²) in [6, 6.07) is 1.81. The predicted octanol–water partition coefficient (Wildman–Crippen LogP) is -0.0206. The van der Waals surface area contributed by atoms with Crippen LogP contribution in [0.15, 0.2) is 12.3 Å². The zero-order chi connectivity index (χ0) is 10.0. The molecular weight excluding hydrogens is 238 g/mol. The number of aryl methyl sites for hydroxylation is 1. The lowest BCUT2D eigenvalue weighted by molar-refractivity contribution is 0.425. The second kappa shape index (κ2) is 6.90. The van der Waals surface area contributed by atoms with Crippen LogP contribution in [0.4, 0.5) is 5.82 Å². The molecule has 0 aromatic carbocycles. The van der Waals surface area contributed by atoms with Crippen molar-refractivity contribution in [3.63, 3.8) is 0 Å². The van der Waals surface area contributed by atoms with Gasteiger partial charge in [-0.15, -0.1) is 24.8 Å². The molecule has 1 aromatic heterocycles. The largest absolute Gasteiger partial charge is 0.490 e. The Hall–Kier alpha value is -0.485. The van der Waals surface area contributed by atoms with Crippen molar-refractivity contribution in [3.05, 3.63) is 17.8 Å². The summed E-state index contributed by atoms with van der Waals surface area (Å²) in [5, 5.41) is 17.9. The molecule has 0 unspecified atom stereocenters. The molecule has 1 heterocycles. The molecule has 4 nitrogen and oxygen atoms in total. The van der Waals surface area contributed by atoms with Crippen molar-refractivity contribution >= 4 is 43.2 Å². The van der Waals surface area contributed by atoms with Crippen LogP contribution < -0.4 is 10.4 Å². The molecule has 0 saturated heterocycles. The Kier molecular flexibility index (Phi) is 7.79. The number of hydrogen-bond donors (Lipinski definition) is 2. The lowest BCUT2D eigenvalue weighted by Crippen LogP contribution is -2.33. The van der Waals surface area contributed by atoms with E-state index in [0.717, 1.165) is 11.4 Å². The van der Waals surface area contributed by atoms with Gasteiger partial charge in [0.25, 0.3) is 0 Å². The van der Waals surface area contributed by atoms with E-state index in [1.807, 2.05) is 32.0 Å². The van der Waals surface area contributed by atoms with Crippen molar-refractivity contribution in [1.82, 2.24) is 4.98 Å². The molecule has 2 N–H and O–H groups in total. The van der Waals surface area contributed by atoms with Gasteiger partial charge in [-0.25, -0.2) is 4.98 Å². The number of anilines is 1. The second-order valence-corrected chi connectivity index (χ2v) is 3.17. The van der Waals surface area contributed by atoms with Crippen molar-refractivity contribution < 1.29 is 10.0 Å². The number of halogens is 2. The molecule has 0 radical (unpaired) electrons. The number of rotatable bonds is 2. The molecule has 0 amide bonds. The van der Waals surface area contributed by atoms with Crippen LogP contribution in [0, 0.1) is 6.92 Å². The van der Waals surface area contributed by atoms with E-state index in [9.17, 15) is 0 Å². The standard InChI is InChI=1S/C8H13BN2O2.2ClH/c1-6-4-8(11(2)3)10-5-7(6)9(12)13;;/h4-5,12-13H,1-3H3;2*1H. The molecule has 15 heavy (non-hydrogen) atoms. The minimum Gasteiger partial charge on any atom is -0.423 e. The fourth-order valence-corrected chi connectivity index (χ4v) is 1.07. The van der Waals surface area contributed by atoms with Crippen molar-refractivity contribution in [1.29, 1.82) is 0 Å². The number of nitrogens with zero attached hydrogens (tertiary/aromatic N) is 2. The Bertz CT molecular complexity index is 311. The molecule has 86 valence electrons. The van der Waals surface area contributed by atoms with E-state index in [0.29, 0.717) is 5.46 Å². The van der Waals surface area contributed by atoms with Crippen molar-refractivity contribution in [2.24, 2.45) is 0 Å². The van der Waals surface area contributed by atoms with Gasteiger partial charge in [-0.05, 0) is 18.6 Å². The maximum absolute atomic E-state index is 8.94. The van der Waals surface area contributed by atoms with E-state index in [1.165, 1.54) is 6.20 Å². The summed E-state index contributed by atoms with van der Waals surface area (Å²) in [5.41, 5.74) is 1.28. The molecule has 0 aliphatic heterocycles. The average molecular weight is 253 g/mol. The maximum Gasteiger partial charge on any atom is 0.490 e. The van der Waals surface area contributed by atoms with E-state index in [1.54, 1.807) is 0 Å². The van der Waals surface area contributed by atoms with Crippen LogP contribution in [0.3, 0.4) is 0 Å². The first-order valence-electron chi connectivity index (χ1n) is 4.02. The SMILES string of the molecule is Cc1cc(N(C)C)ncc1B(O)O.Cl.Cl. The lowest BCUT2D eigenvalue weighted by atomic mass is 9.79. The number of pyridine rings is 1. The van der Waals surface area contributed by atoms with E-state index in [2.05, 4.69) is 4.98 Å². The minimum atomic E-state index is -1.44. The first kappa shape index (κ1) is 16.9. The van der Waals surface area contributed by atoms with Gasteiger partial charge in [-0.2, -0.15) is 0 Å². The summed E-state index contributed by atoms with van der Waals surface area (Å²) < 4.78 is 0. The smallest absolute Gasteiger partial charge is 0.423 e. The summed E-state index contributed by atoms with van der Waals surface area (Å²) in [6.45, 7) is 1.82. The molecule has 0 aliphatic carbocycles. The monoisotopic (exact) mass is 252 g/mol. The highest BCUT2D eigenvalue weighted by Gasteiger charge is 2.14. The van der Waals surface area contributed by atoms with Crippen molar-refractivity contribution in [2.75, 3.05) is 19.0 Å². The third kappa shape index (κ3) is 4.26. The molecular formula is C8H15BCl2N2O2. The van der Waals surface area contributed by atoms with Gasteiger partial charge in [0.05, 0.1) is 0 Å². The first-order valence-corrected chi connectivity index (χ1v) is 4.02. The van der Waals surface area contributed by atoms with Crippen molar-refractivity contribution in [2.45, 2.75) is 6.92 Å². The molecule has 0 saturated carbocycles. The van der Waals surface area contributed by atoms with Gasteiger partial charge in [-0.1, -0.05) is 0 Å². The predicted molar refractivity (Wildman–Crippen MR) is 67.6 cm³/mol. The quantitative estimate of drug-likeness (QED) is 0.727. The number of hydrogen-bond acceptors (Lipinski definition) is 4. The normalized spacial score (nSPS) is 8.60. The molecule has 7 heteroatoms. The average Bonchev–Trinajstić information content (AvgIpc) is 2.03. The fraction of sp³-hybridized carbons (Fsp3) is 0.375.